The maximum atomic E-state index is 11.9. The summed E-state index contributed by atoms with van der Waals surface area (Å²) in [4.78, 5) is 23.8. The van der Waals surface area contributed by atoms with E-state index in [0.29, 0.717) is 5.28 Å². The maximum Gasteiger partial charge on any atom is 0.471 e. The molecule has 15 heavy (non-hydrogen) atoms. The van der Waals surface area contributed by atoms with E-state index in [2.05, 4.69) is 95.6 Å². The van der Waals surface area contributed by atoms with E-state index in [4.69, 9.17) is 0 Å². The van der Waals surface area contributed by atoms with Crippen molar-refractivity contribution in [2.75, 3.05) is 0 Å². The van der Waals surface area contributed by atoms with Gasteiger partial charge in [-0.15, -0.1) is 0 Å². The van der Waals surface area contributed by atoms with Crippen LogP contribution < -0.4 is 0 Å². The molecule has 0 bridgehead atoms. The van der Waals surface area contributed by atoms with Gasteiger partial charge in [0.05, 0.1) is 9.29 Å². The monoisotopic (exact) mass is 610 g/mol. The zero-order chi connectivity index (χ0) is 12.4. The van der Waals surface area contributed by atoms with Crippen LogP contribution in [0.15, 0.2) is 0 Å². The second-order valence-corrected chi connectivity index (χ2v) is 19.2. The fourth-order valence-corrected chi connectivity index (χ4v) is 7.63. The molecule has 0 rings (SSSR count). The number of alkyl halides is 6. The van der Waals surface area contributed by atoms with Crippen molar-refractivity contribution in [3.8, 4) is 0 Å². The minimum Gasteiger partial charge on any atom is -0.317 e. The van der Waals surface area contributed by atoms with Crippen LogP contribution in [-0.2, 0) is 9.59 Å². The van der Waals surface area contributed by atoms with Crippen LogP contribution >= 0.6 is 95.6 Å². The van der Waals surface area contributed by atoms with Gasteiger partial charge >= 0.3 is 14.1 Å². The maximum absolute atomic E-state index is 11.9. The molecule has 0 radical (unpaired) electrons. The molecule has 0 aromatic carbocycles. The van der Waals surface area contributed by atoms with Crippen molar-refractivity contribution in [3.63, 3.8) is 0 Å². The van der Waals surface area contributed by atoms with Gasteiger partial charge in [0.15, 0.2) is 4.29 Å². The normalized spacial score (nSPS) is 12.5. The summed E-state index contributed by atoms with van der Waals surface area (Å²) < 4.78 is -2.27. The molecule has 0 aromatic heterocycles. The Hall–Kier alpha value is 2.75. The lowest BCUT2D eigenvalue weighted by Crippen LogP contribution is -2.46. The number of halogens is 6. The van der Waals surface area contributed by atoms with E-state index in [1.54, 1.807) is 0 Å². The molecule has 0 aliphatic carbocycles. The van der Waals surface area contributed by atoms with Gasteiger partial charge in [0.2, 0.25) is 0 Å². The Bertz CT molecular complexity index is 242. The number of rotatable bonds is 3. The molecule has 0 atom stereocenters. The van der Waals surface area contributed by atoms with Crippen LogP contribution in [0, 0.1) is 0 Å². The summed E-state index contributed by atoms with van der Waals surface area (Å²) in [5.74, 6) is 0. The van der Waals surface area contributed by atoms with Gasteiger partial charge in [-0.1, -0.05) is 108 Å². The van der Waals surface area contributed by atoms with Crippen LogP contribution in [0.3, 0.4) is 0 Å². The number of hydrogen-bond acceptors (Lipinski definition) is 2. The lowest BCUT2D eigenvalue weighted by atomic mass is 10.9. The largest absolute Gasteiger partial charge is 0.471 e. The van der Waals surface area contributed by atoms with Crippen LogP contribution in [0.1, 0.15) is 6.92 Å². The van der Waals surface area contributed by atoms with Gasteiger partial charge in [0, 0.05) is 0 Å². The van der Waals surface area contributed by atoms with E-state index in [9.17, 15) is 9.59 Å². The van der Waals surface area contributed by atoms with Gasteiger partial charge in [0.1, 0.15) is 0 Å². The van der Waals surface area contributed by atoms with Crippen LogP contribution in [0.5, 0.6) is 0 Å². The highest BCUT2D eigenvalue weighted by molar-refractivity contribution is 9.40. The summed E-state index contributed by atoms with van der Waals surface area (Å²) in [6, 6.07) is 0. The van der Waals surface area contributed by atoms with Crippen molar-refractivity contribution in [3.05, 3.63) is 0 Å². The summed E-state index contributed by atoms with van der Waals surface area (Å²) in [5.41, 5.74) is 0. The second kappa shape index (κ2) is 6.78. The highest BCUT2D eigenvalue weighted by atomic mass is 80.0. The zero-order valence-electron chi connectivity index (χ0n) is 7.37. The average molecular weight is 616 g/mol. The molecule has 0 unspecified atom stereocenters. The fraction of sp³-hybridized carbons (Fsp3) is 0.667. The highest BCUT2D eigenvalue weighted by Gasteiger charge is 2.48. The molecule has 0 spiro atoms. The van der Waals surface area contributed by atoms with Crippen LogP contribution in [0.2, 0.25) is 5.28 Å². The predicted octanol–water partition coefficient (Wildman–Crippen LogP) is 4.39. The Morgan fingerprint density at radius 1 is 0.933 bits per heavy atom. The van der Waals surface area contributed by atoms with E-state index in [0.717, 1.165) is 0 Å². The Morgan fingerprint density at radius 2 is 1.20 bits per heavy atom. The number of carbonyl (C=O) groups excluding carboxylic acids is 2. The van der Waals surface area contributed by atoms with Gasteiger partial charge in [-0.05, 0) is 0 Å². The minimum absolute atomic E-state index is 0.141. The Labute approximate surface area is 143 Å². The number of hydrogen-bond donors (Lipinski definition) is 0. The van der Waals surface area contributed by atoms with Crippen LogP contribution in [0.4, 0.5) is 0 Å². The Kier molecular flexibility index (Phi) is 8.03. The van der Waals surface area contributed by atoms with Gasteiger partial charge < -0.3 is 9.59 Å². The molecule has 2 nitrogen and oxygen atoms in total. The summed E-state index contributed by atoms with van der Waals surface area (Å²) in [7, 11) is 0. The third-order valence-corrected chi connectivity index (χ3v) is 9.43. The molecule has 0 fully saturated rings. The lowest BCUT2D eigenvalue weighted by molar-refractivity contribution is -0.114. The van der Waals surface area contributed by atoms with Crippen molar-refractivity contribution in [2.24, 2.45) is 0 Å². The molecule has 9 heteroatoms. The first kappa shape index (κ1) is 17.8. The van der Waals surface area contributed by atoms with Gasteiger partial charge in [-0.25, -0.2) is 0 Å². The molecule has 0 aliphatic heterocycles. The van der Waals surface area contributed by atoms with Crippen molar-refractivity contribution >= 4 is 119 Å². The smallest absolute Gasteiger partial charge is 0.317 e. The van der Waals surface area contributed by atoms with E-state index < -0.39 is 18.4 Å². The van der Waals surface area contributed by atoms with Crippen molar-refractivity contribution in [1.82, 2.24) is 0 Å². The summed E-state index contributed by atoms with van der Waals surface area (Å²) >= 11 is 16.6. The molecule has 0 N–H and O–H groups in total. The number of carbonyl (C=O) groups is 2. The van der Waals surface area contributed by atoms with E-state index in [1.807, 2.05) is 6.92 Å². The lowest BCUT2D eigenvalue weighted by Gasteiger charge is -2.19. The quantitative estimate of drug-likeness (QED) is 0.349. The molecular formula is C6H5AlBr6O2. The van der Waals surface area contributed by atoms with E-state index in [1.165, 1.54) is 0 Å². The Morgan fingerprint density at radius 3 is 1.33 bits per heavy atom. The zero-order valence-corrected chi connectivity index (χ0v) is 18.0. The predicted molar refractivity (Wildman–Crippen MR) is 85.3 cm³/mol. The van der Waals surface area contributed by atoms with Crippen LogP contribution in [0.25, 0.3) is 0 Å². The summed E-state index contributed by atoms with van der Waals surface area (Å²) in [5, 5.41) is 0.562. The Balaban J connectivity index is 4.96. The van der Waals surface area contributed by atoms with Crippen molar-refractivity contribution in [2.45, 2.75) is 16.5 Å². The first-order chi connectivity index (χ1) is 6.51. The first-order valence-corrected chi connectivity index (χ1v) is 10.5. The third kappa shape index (κ3) is 5.95. The molecule has 0 aromatic rings. The topological polar surface area (TPSA) is 34.1 Å². The molecule has 0 heterocycles. The summed E-state index contributed by atoms with van der Waals surface area (Å²) in [6.07, 6.45) is 0. The van der Waals surface area contributed by atoms with E-state index in [-0.39, 0.29) is 9.29 Å². The second-order valence-electron chi connectivity index (χ2n) is 2.68. The third-order valence-electron chi connectivity index (χ3n) is 1.60. The molecule has 86 valence electrons. The van der Waals surface area contributed by atoms with Gasteiger partial charge in [0.25, 0.3) is 0 Å². The SMILES string of the molecule is C[CH2][Al]([C](=O)C(Br)(Br)Br)[C](=O)C(Br)(Br)Br. The van der Waals surface area contributed by atoms with Crippen LogP contribution in [-0.4, -0.2) is 27.7 Å². The average Bonchev–Trinajstić information content (AvgIpc) is 2.01. The van der Waals surface area contributed by atoms with Crippen molar-refractivity contribution < 1.29 is 9.59 Å². The van der Waals surface area contributed by atoms with Gasteiger partial charge in [-0.2, -0.15) is 0 Å². The van der Waals surface area contributed by atoms with E-state index >= 15 is 0 Å². The molecule has 0 saturated heterocycles. The van der Waals surface area contributed by atoms with Crippen molar-refractivity contribution in [1.29, 1.82) is 0 Å². The standard InChI is InChI=1S/2C2Br3O.C2H5.Al/c2*3-2(4,5)1-6;1-2;/h;;1H2,2H3;. The fourth-order valence-electron chi connectivity index (χ4n) is 0.885. The summed E-state index contributed by atoms with van der Waals surface area (Å²) in [6.45, 7) is 1.84. The van der Waals surface area contributed by atoms with Gasteiger partial charge in [-0.3, -0.25) is 0 Å². The molecular weight excluding hydrogens is 610 g/mol. The molecule has 0 saturated carbocycles. The highest BCUT2D eigenvalue weighted by Crippen LogP contribution is 2.40. The molecule has 0 aliphatic rings. The minimum atomic E-state index is -2.21. The molecule has 0 amide bonds. The first-order valence-electron chi connectivity index (χ1n) is 3.73.